The average Bonchev–Trinajstić information content (AvgIpc) is 3.40. The summed E-state index contributed by atoms with van der Waals surface area (Å²) in [7, 11) is -4.39. The molecule has 2 unspecified atom stereocenters. The zero-order chi connectivity index (χ0) is 54.5. The Kier molecular flexibility index (Phi) is 58.6. The summed E-state index contributed by atoms with van der Waals surface area (Å²) in [5.74, 6) is -0.826. The zero-order valence-electron chi connectivity index (χ0n) is 48.8. The molecule has 0 radical (unpaired) electrons. The maximum absolute atomic E-state index is 12.7. The molecule has 3 N–H and O–H groups in total. The number of hydrogen-bond acceptors (Lipinski definition) is 8. The lowest BCUT2D eigenvalue weighted by Crippen LogP contribution is -2.29. The van der Waals surface area contributed by atoms with Crippen LogP contribution in [-0.2, 0) is 32.7 Å². The zero-order valence-corrected chi connectivity index (χ0v) is 49.7. The lowest BCUT2D eigenvalue weighted by atomic mass is 10.0. The Balaban J connectivity index is 3.95. The van der Waals surface area contributed by atoms with Crippen LogP contribution >= 0.6 is 7.82 Å². The van der Waals surface area contributed by atoms with Crippen LogP contribution in [0.15, 0.2) is 72.9 Å². The molecule has 0 saturated carbocycles. The molecule has 0 aliphatic carbocycles. The van der Waals surface area contributed by atoms with Gasteiger partial charge in [-0.15, -0.1) is 0 Å². The van der Waals surface area contributed by atoms with E-state index in [1.165, 1.54) is 199 Å². The minimum atomic E-state index is -4.39. The third kappa shape index (κ3) is 60.5. The largest absolute Gasteiger partial charge is 0.472 e. The molecule has 10 heteroatoms. The molecule has 0 aliphatic rings. The topological polar surface area (TPSA) is 134 Å². The number of unbranched alkanes of at least 4 members (excludes halogenated alkanes) is 34. The van der Waals surface area contributed by atoms with Crippen molar-refractivity contribution in [1.29, 1.82) is 0 Å². The van der Waals surface area contributed by atoms with Crippen LogP contribution in [0.1, 0.15) is 296 Å². The first kappa shape index (κ1) is 72.5. The highest BCUT2D eigenvalue weighted by molar-refractivity contribution is 7.47. The Morgan fingerprint density at radius 2 is 0.693 bits per heavy atom. The van der Waals surface area contributed by atoms with Crippen LogP contribution in [0.25, 0.3) is 0 Å². The summed E-state index contributed by atoms with van der Waals surface area (Å²) in [6, 6.07) is 0. The predicted octanol–water partition coefficient (Wildman–Crippen LogP) is 20.1. The van der Waals surface area contributed by atoms with E-state index in [0.29, 0.717) is 6.42 Å². The van der Waals surface area contributed by atoms with Gasteiger partial charge in [0.2, 0.25) is 0 Å². The first-order valence-electron chi connectivity index (χ1n) is 31.4. The summed E-state index contributed by atoms with van der Waals surface area (Å²) in [5, 5.41) is 0. The number of carbonyl (C=O) groups excluding carboxylic acids is 2. The Labute approximate surface area is 462 Å². The first-order chi connectivity index (χ1) is 36.8. The van der Waals surface area contributed by atoms with Crippen molar-refractivity contribution in [3.63, 3.8) is 0 Å². The summed E-state index contributed by atoms with van der Waals surface area (Å²) in [5.41, 5.74) is 5.39. The molecule has 2 atom stereocenters. The quantitative estimate of drug-likeness (QED) is 0.0264. The Morgan fingerprint density at radius 1 is 0.400 bits per heavy atom. The maximum Gasteiger partial charge on any atom is 0.472 e. The van der Waals surface area contributed by atoms with Gasteiger partial charge in [0.25, 0.3) is 0 Å². The molecular weight excluding hydrogens is 954 g/mol. The highest BCUT2D eigenvalue weighted by Gasteiger charge is 2.26. The molecule has 75 heavy (non-hydrogen) atoms. The lowest BCUT2D eigenvalue weighted by molar-refractivity contribution is -0.161. The number of esters is 2. The van der Waals surface area contributed by atoms with Crippen molar-refractivity contribution in [3.05, 3.63) is 72.9 Å². The van der Waals surface area contributed by atoms with Gasteiger partial charge >= 0.3 is 19.8 Å². The van der Waals surface area contributed by atoms with E-state index in [9.17, 15) is 19.0 Å². The van der Waals surface area contributed by atoms with Crippen molar-refractivity contribution in [2.24, 2.45) is 5.73 Å². The highest BCUT2D eigenvalue weighted by Crippen LogP contribution is 2.43. The van der Waals surface area contributed by atoms with E-state index >= 15 is 0 Å². The minimum absolute atomic E-state index is 0.0509. The molecule has 0 aromatic heterocycles. The third-order valence-electron chi connectivity index (χ3n) is 13.6. The average molecular weight is 1070 g/mol. The van der Waals surface area contributed by atoms with Crippen LogP contribution in [0.5, 0.6) is 0 Å². The van der Waals surface area contributed by atoms with Gasteiger partial charge in [-0.1, -0.05) is 267 Å². The first-order valence-corrected chi connectivity index (χ1v) is 32.9. The van der Waals surface area contributed by atoms with E-state index in [-0.39, 0.29) is 38.6 Å². The molecule has 0 rings (SSSR count). The highest BCUT2D eigenvalue weighted by atomic mass is 31.2. The maximum atomic E-state index is 12.7. The minimum Gasteiger partial charge on any atom is -0.462 e. The second-order valence-corrected chi connectivity index (χ2v) is 22.4. The van der Waals surface area contributed by atoms with Crippen molar-refractivity contribution in [3.8, 4) is 0 Å². The molecule has 0 aliphatic heterocycles. The number of phosphoric acid groups is 1. The van der Waals surface area contributed by atoms with E-state index in [4.69, 9.17) is 24.3 Å². The van der Waals surface area contributed by atoms with Gasteiger partial charge in [-0.2, -0.15) is 0 Å². The van der Waals surface area contributed by atoms with E-state index in [1.54, 1.807) is 0 Å². The summed E-state index contributed by atoms with van der Waals surface area (Å²) in [6.07, 6.45) is 78.2. The fraction of sp³-hybridized carbons (Fsp3) is 0.785. The van der Waals surface area contributed by atoms with Crippen LogP contribution in [0.3, 0.4) is 0 Å². The van der Waals surface area contributed by atoms with Crippen LogP contribution in [0.2, 0.25) is 0 Å². The molecule has 0 aromatic rings. The summed E-state index contributed by atoms with van der Waals surface area (Å²) < 4.78 is 33.1. The van der Waals surface area contributed by atoms with Gasteiger partial charge in [-0.25, -0.2) is 4.57 Å². The van der Waals surface area contributed by atoms with Gasteiger partial charge in [0, 0.05) is 19.4 Å². The van der Waals surface area contributed by atoms with E-state index in [2.05, 4.69) is 86.8 Å². The van der Waals surface area contributed by atoms with E-state index in [0.717, 1.165) is 64.2 Å². The standard InChI is InChI=1S/C65H118NO8P/c1-3-5-7-9-11-13-15-17-19-21-23-25-27-29-30-31-32-34-36-38-40-42-44-46-48-50-52-54-56-58-65(68)74-63(62-73-75(69,70)72-60-59-66)61-71-64(67)57-55-53-51-49-47-45-43-41-39-37-35-33-28-26-24-22-20-18-16-14-12-10-8-6-4-2/h15-18,21-24,27-29,33,63H,3-14,19-20,25-26,30-32,34-62,66H2,1-2H3,(H,69,70)/b17-15-,18-16-,23-21-,24-22-,29-27-,33-28-. The number of rotatable bonds is 59. The molecule has 0 saturated heterocycles. The number of carbonyl (C=O) groups is 2. The Morgan fingerprint density at radius 3 is 1.03 bits per heavy atom. The van der Waals surface area contributed by atoms with Crippen molar-refractivity contribution in [1.82, 2.24) is 0 Å². The fourth-order valence-electron chi connectivity index (χ4n) is 8.89. The summed E-state index contributed by atoms with van der Waals surface area (Å²) in [6.45, 7) is 3.75. The van der Waals surface area contributed by atoms with Gasteiger partial charge in [0.15, 0.2) is 6.10 Å². The number of nitrogens with two attached hydrogens (primary N) is 1. The van der Waals surface area contributed by atoms with Crippen molar-refractivity contribution < 1.29 is 37.6 Å². The van der Waals surface area contributed by atoms with Gasteiger partial charge in [0.1, 0.15) is 6.61 Å². The molecule has 0 aromatic carbocycles. The molecular formula is C65H118NO8P. The molecule has 0 fully saturated rings. The van der Waals surface area contributed by atoms with Crippen LogP contribution < -0.4 is 5.73 Å². The number of allylic oxidation sites excluding steroid dienone is 12. The second-order valence-electron chi connectivity index (χ2n) is 20.9. The molecule has 0 spiro atoms. The van der Waals surface area contributed by atoms with Crippen molar-refractivity contribution in [2.75, 3.05) is 26.4 Å². The van der Waals surface area contributed by atoms with Crippen LogP contribution in [0.4, 0.5) is 0 Å². The van der Waals surface area contributed by atoms with Crippen molar-refractivity contribution in [2.45, 2.75) is 302 Å². The van der Waals surface area contributed by atoms with Crippen LogP contribution in [-0.4, -0.2) is 49.3 Å². The molecule has 0 heterocycles. The van der Waals surface area contributed by atoms with Crippen LogP contribution in [0, 0.1) is 0 Å². The van der Waals surface area contributed by atoms with E-state index in [1.807, 2.05) is 0 Å². The smallest absolute Gasteiger partial charge is 0.462 e. The number of ether oxygens (including phenoxy) is 2. The van der Waals surface area contributed by atoms with Gasteiger partial charge in [-0.3, -0.25) is 18.6 Å². The van der Waals surface area contributed by atoms with Gasteiger partial charge < -0.3 is 20.1 Å². The van der Waals surface area contributed by atoms with Crippen molar-refractivity contribution >= 4 is 19.8 Å². The molecule has 9 nitrogen and oxygen atoms in total. The molecule has 436 valence electrons. The molecule has 0 bridgehead atoms. The second kappa shape index (κ2) is 60.7. The fourth-order valence-corrected chi connectivity index (χ4v) is 9.65. The molecule has 0 amide bonds. The monoisotopic (exact) mass is 1070 g/mol. The van der Waals surface area contributed by atoms with Gasteiger partial charge in [0.05, 0.1) is 13.2 Å². The summed E-state index contributed by atoms with van der Waals surface area (Å²) >= 11 is 0. The number of hydrogen-bond donors (Lipinski definition) is 2. The lowest BCUT2D eigenvalue weighted by Gasteiger charge is -2.19. The summed E-state index contributed by atoms with van der Waals surface area (Å²) in [4.78, 5) is 35.3. The predicted molar refractivity (Wildman–Crippen MR) is 321 cm³/mol. The normalized spacial score (nSPS) is 13.5. The van der Waals surface area contributed by atoms with E-state index < -0.39 is 26.5 Å². The Bertz CT molecular complexity index is 1460. The Hall–Kier alpha value is -2.55. The number of phosphoric ester groups is 1. The third-order valence-corrected chi connectivity index (χ3v) is 14.5. The van der Waals surface area contributed by atoms with Gasteiger partial charge in [-0.05, 0) is 89.9 Å². The SMILES string of the molecule is CCCCCCC/C=C\C/C=C\C/C=C\CCCCCCCCCCCCCCCCC(=O)OC(COC(=O)CCCCCCCCCCCC/C=C\C/C=C\C/C=C\CCCCCCC)COP(=O)(O)OCCN.